The van der Waals surface area contributed by atoms with E-state index in [9.17, 15) is 4.79 Å². The van der Waals surface area contributed by atoms with Crippen molar-refractivity contribution < 1.29 is 9.53 Å². The summed E-state index contributed by atoms with van der Waals surface area (Å²) < 4.78 is 5.14. The van der Waals surface area contributed by atoms with Crippen LogP contribution in [0.3, 0.4) is 0 Å². The minimum Gasteiger partial charge on any atom is -0.497 e. The van der Waals surface area contributed by atoms with Crippen LogP contribution < -0.4 is 15.4 Å². The van der Waals surface area contributed by atoms with E-state index in [0.29, 0.717) is 18.7 Å². The maximum atomic E-state index is 12.4. The average Bonchev–Trinajstić information content (AvgIpc) is 2.72. The average molecular weight is 361 g/mol. The van der Waals surface area contributed by atoms with Crippen molar-refractivity contribution in [3.63, 3.8) is 0 Å². The zero-order chi connectivity index (χ0) is 19.1. The fourth-order valence-corrected chi connectivity index (χ4v) is 2.69. The molecule has 3 aromatic rings. The van der Waals surface area contributed by atoms with E-state index in [-0.39, 0.29) is 5.91 Å². The lowest BCUT2D eigenvalue weighted by molar-refractivity contribution is 0.0950. The molecule has 3 rings (SSSR count). The van der Waals surface area contributed by atoms with Gasteiger partial charge in [0.2, 0.25) is 0 Å². The van der Waals surface area contributed by atoms with Crippen LogP contribution in [-0.2, 0) is 13.1 Å². The molecule has 1 aromatic heterocycles. The van der Waals surface area contributed by atoms with Gasteiger partial charge in [-0.1, -0.05) is 36.4 Å². The molecule has 138 valence electrons. The van der Waals surface area contributed by atoms with Gasteiger partial charge in [0.05, 0.1) is 18.4 Å². The minimum atomic E-state index is -0.155. The van der Waals surface area contributed by atoms with E-state index >= 15 is 0 Å². The van der Waals surface area contributed by atoms with E-state index in [1.165, 1.54) is 11.1 Å². The second kappa shape index (κ2) is 8.85. The van der Waals surface area contributed by atoms with Crippen LogP contribution in [-0.4, -0.2) is 18.0 Å². The molecule has 0 radical (unpaired) electrons. The van der Waals surface area contributed by atoms with Gasteiger partial charge >= 0.3 is 0 Å². The van der Waals surface area contributed by atoms with E-state index in [4.69, 9.17) is 4.74 Å². The molecule has 0 aliphatic carbocycles. The topological polar surface area (TPSA) is 63.2 Å². The quantitative estimate of drug-likeness (QED) is 0.669. The van der Waals surface area contributed by atoms with Crippen molar-refractivity contribution in [2.24, 2.45) is 0 Å². The van der Waals surface area contributed by atoms with Crippen molar-refractivity contribution in [1.29, 1.82) is 0 Å². The number of nitrogens with zero attached hydrogens (tertiary/aromatic N) is 1. The fourth-order valence-electron chi connectivity index (χ4n) is 2.69. The van der Waals surface area contributed by atoms with Crippen LogP contribution in [0.4, 0.5) is 5.69 Å². The van der Waals surface area contributed by atoms with Gasteiger partial charge in [-0.25, -0.2) is 0 Å². The number of benzene rings is 2. The molecule has 5 nitrogen and oxygen atoms in total. The number of methoxy groups -OCH3 is 1. The Morgan fingerprint density at radius 3 is 2.56 bits per heavy atom. The second-order valence-corrected chi connectivity index (χ2v) is 6.27. The summed E-state index contributed by atoms with van der Waals surface area (Å²) in [5.41, 5.74) is 4.79. The highest BCUT2D eigenvalue weighted by molar-refractivity contribution is 5.94. The lowest BCUT2D eigenvalue weighted by atomic mass is 10.1. The Balaban J connectivity index is 1.58. The Morgan fingerprint density at radius 1 is 1.04 bits per heavy atom. The lowest BCUT2D eigenvalue weighted by Crippen LogP contribution is -2.23. The number of aryl methyl sites for hydroxylation is 1. The molecule has 0 aliphatic heterocycles. The molecule has 0 spiro atoms. The van der Waals surface area contributed by atoms with Gasteiger partial charge < -0.3 is 15.4 Å². The number of nitrogens with one attached hydrogen (secondary N) is 2. The molecule has 1 amide bonds. The number of rotatable bonds is 7. The third kappa shape index (κ3) is 5.07. The number of anilines is 1. The number of hydrogen-bond acceptors (Lipinski definition) is 4. The molecule has 1 heterocycles. The van der Waals surface area contributed by atoms with Crippen LogP contribution in [0.25, 0.3) is 0 Å². The molecule has 0 unspecified atom stereocenters. The third-order valence-corrected chi connectivity index (χ3v) is 4.36. The summed E-state index contributed by atoms with van der Waals surface area (Å²) in [6, 6.07) is 17.6. The Hall–Kier alpha value is -3.34. The van der Waals surface area contributed by atoms with Crippen LogP contribution in [0.15, 0.2) is 67.0 Å². The number of hydrogen-bond donors (Lipinski definition) is 2. The van der Waals surface area contributed by atoms with Gasteiger partial charge in [0.1, 0.15) is 5.75 Å². The van der Waals surface area contributed by atoms with E-state index in [1.807, 2.05) is 42.5 Å². The summed E-state index contributed by atoms with van der Waals surface area (Å²) in [5, 5.41) is 6.24. The minimum absolute atomic E-state index is 0.155. The van der Waals surface area contributed by atoms with Crippen LogP contribution in [0.1, 0.15) is 27.0 Å². The summed E-state index contributed by atoms with van der Waals surface area (Å²) in [4.78, 5) is 16.6. The van der Waals surface area contributed by atoms with Gasteiger partial charge in [-0.2, -0.15) is 0 Å². The summed E-state index contributed by atoms with van der Waals surface area (Å²) in [6.07, 6.45) is 3.29. The zero-order valence-electron chi connectivity index (χ0n) is 15.5. The molecular weight excluding hydrogens is 338 g/mol. The Labute approximate surface area is 159 Å². The molecule has 0 saturated heterocycles. The number of carbonyl (C=O) groups is 1. The smallest absolute Gasteiger partial charge is 0.253 e. The van der Waals surface area contributed by atoms with Crippen molar-refractivity contribution in [2.75, 3.05) is 12.4 Å². The van der Waals surface area contributed by atoms with E-state index in [2.05, 4.69) is 34.7 Å². The number of amides is 1. The molecule has 2 aromatic carbocycles. The second-order valence-electron chi connectivity index (χ2n) is 6.27. The summed E-state index contributed by atoms with van der Waals surface area (Å²) >= 11 is 0. The maximum Gasteiger partial charge on any atom is 0.253 e. The molecule has 0 aliphatic rings. The lowest BCUT2D eigenvalue weighted by Gasteiger charge is -2.10. The first-order chi connectivity index (χ1) is 13.2. The summed E-state index contributed by atoms with van der Waals surface area (Å²) in [6.45, 7) is 3.22. The number of ether oxygens (including phenoxy) is 1. The van der Waals surface area contributed by atoms with Crippen molar-refractivity contribution in [3.8, 4) is 5.75 Å². The first kappa shape index (κ1) is 18.5. The highest BCUT2D eigenvalue weighted by atomic mass is 16.5. The predicted molar refractivity (Wildman–Crippen MR) is 107 cm³/mol. The van der Waals surface area contributed by atoms with Crippen LogP contribution in [0.5, 0.6) is 5.75 Å². The highest BCUT2D eigenvalue weighted by Gasteiger charge is 2.07. The Morgan fingerprint density at radius 2 is 1.81 bits per heavy atom. The first-order valence-electron chi connectivity index (χ1n) is 8.80. The molecule has 0 saturated carbocycles. The van der Waals surface area contributed by atoms with Crippen molar-refractivity contribution >= 4 is 11.6 Å². The van der Waals surface area contributed by atoms with Crippen molar-refractivity contribution in [2.45, 2.75) is 20.0 Å². The first-order valence-corrected chi connectivity index (χ1v) is 8.80. The van der Waals surface area contributed by atoms with Gasteiger partial charge in [0, 0.05) is 25.5 Å². The molecule has 5 heteroatoms. The van der Waals surface area contributed by atoms with Gasteiger partial charge in [-0.15, -0.1) is 0 Å². The predicted octanol–water partition coefficient (Wildman–Crippen LogP) is 3.94. The third-order valence-electron chi connectivity index (χ3n) is 4.36. The van der Waals surface area contributed by atoms with Crippen molar-refractivity contribution in [1.82, 2.24) is 10.3 Å². The van der Waals surface area contributed by atoms with E-state index in [0.717, 1.165) is 17.0 Å². The molecule has 0 atom stereocenters. The monoisotopic (exact) mass is 361 g/mol. The molecule has 2 N–H and O–H groups in total. The van der Waals surface area contributed by atoms with Crippen LogP contribution in [0, 0.1) is 6.92 Å². The van der Waals surface area contributed by atoms with Crippen molar-refractivity contribution in [3.05, 3.63) is 89.2 Å². The Bertz CT molecular complexity index is 907. The zero-order valence-corrected chi connectivity index (χ0v) is 15.5. The van der Waals surface area contributed by atoms with Crippen LogP contribution in [0.2, 0.25) is 0 Å². The number of pyridine rings is 1. The largest absolute Gasteiger partial charge is 0.497 e. The van der Waals surface area contributed by atoms with Gasteiger partial charge in [-0.05, 0) is 41.8 Å². The standard InChI is InChI=1S/C22H23N3O2/c1-16-5-3-4-6-18(16)14-24-20-11-19(13-23-15-20)22(26)25-12-17-7-9-21(27-2)10-8-17/h3-11,13,15,24H,12,14H2,1-2H3,(H,25,26). The summed E-state index contributed by atoms with van der Waals surface area (Å²) in [5.74, 6) is 0.638. The van der Waals surface area contributed by atoms with Gasteiger partial charge in [-0.3, -0.25) is 9.78 Å². The molecule has 27 heavy (non-hydrogen) atoms. The fraction of sp³-hybridized carbons (Fsp3) is 0.182. The molecule has 0 bridgehead atoms. The normalized spacial score (nSPS) is 10.3. The van der Waals surface area contributed by atoms with E-state index < -0.39 is 0 Å². The summed E-state index contributed by atoms with van der Waals surface area (Å²) in [7, 11) is 1.63. The van der Waals surface area contributed by atoms with Gasteiger partial charge in [0.25, 0.3) is 5.91 Å². The SMILES string of the molecule is COc1ccc(CNC(=O)c2cncc(NCc3ccccc3C)c2)cc1. The van der Waals surface area contributed by atoms with Crippen LogP contribution >= 0.6 is 0 Å². The Kier molecular flexibility index (Phi) is 6.05. The highest BCUT2D eigenvalue weighted by Crippen LogP contribution is 2.14. The molecular formula is C22H23N3O2. The number of aromatic nitrogens is 1. The van der Waals surface area contributed by atoms with E-state index in [1.54, 1.807) is 19.5 Å². The number of carbonyl (C=O) groups excluding carboxylic acids is 1. The molecule has 0 fully saturated rings. The maximum absolute atomic E-state index is 12.4. The van der Waals surface area contributed by atoms with Gasteiger partial charge in [0.15, 0.2) is 0 Å².